The number of halogens is 1. The molecular formula is C22H25ClN2O4. The predicted octanol–water partition coefficient (Wildman–Crippen LogP) is 5.22. The van der Waals surface area contributed by atoms with Crippen LogP contribution >= 0.6 is 11.6 Å². The third kappa shape index (κ3) is 4.00. The number of hydrogen-bond donors (Lipinski definition) is 1. The highest BCUT2D eigenvalue weighted by Crippen LogP contribution is 2.41. The van der Waals surface area contributed by atoms with Crippen LogP contribution in [0, 0.1) is 6.92 Å². The number of carbonyl (C=O) groups excluding carboxylic acids is 1. The van der Waals surface area contributed by atoms with E-state index in [2.05, 4.69) is 9.97 Å². The molecule has 1 aliphatic rings. The van der Waals surface area contributed by atoms with E-state index in [-0.39, 0.29) is 23.1 Å². The molecule has 0 fully saturated rings. The molecular weight excluding hydrogens is 392 g/mol. The smallest absolute Gasteiger partial charge is 0.323 e. The number of ether oxygens (including phenoxy) is 2. The van der Waals surface area contributed by atoms with Gasteiger partial charge in [-0.25, -0.2) is 4.98 Å². The van der Waals surface area contributed by atoms with Crippen molar-refractivity contribution in [1.82, 2.24) is 9.97 Å². The van der Waals surface area contributed by atoms with Gasteiger partial charge in [0, 0.05) is 11.8 Å². The average Bonchev–Trinajstić information content (AvgIpc) is 2.63. The van der Waals surface area contributed by atoms with E-state index >= 15 is 0 Å². The van der Waals surface area contributed by atoms with Gasteiger partial charge in [-0.15, -0.1) is 0 Å². The van der Waals surface area contributed by atoms with Gasteiger partial charge in [0.2, 0.25) is 0 Å². The van der Waals surface area contributed by atoms with E-state index in [1.807, 2.05) is 13.0 Å². The lowest BCUT2D eigenvalue weighted by Gasteiger charge is -2.40. The van der Waals surface area contributed by atoms with Crippen molar-refractivity contribution in [2.24, 2.45) is 0 Å². The number of aromatic nitrogens is 2. The molecule has 0 bridgehead atoms. The van der Waals surface area contributed by atoms with Crippen molar-refractivity contribution in [3.8, 4) is 11.8 Å². The molecule has 0 aliphatic carbocycles. The lowest BCUT2D eigenvalue weighted by Crippen LogP contribution is -2.49. The van der Waals surface area contributed by atoms with Crippen molar-refractivity contribution in [3.63, 3.8) is 0 Å². The first-order chi connectivity index (χ1) is 13.5. The van der Waals surface area contributed by atoms with Crippen molar-refractivity contribution in [2.75, 3.05) is 0 Å². The zero-order valence-corrected chi connectivity index (χ0v) is 18.2. The summed E-state index contributed by atoms with van der Waals surface area (Å²) in [6.45, 7) is 10.7. The van der Waals surface area contributed by atoms with Gasteiger partial charge >= 0.3 is 6.01 Å². The minimum absolute atomic E-state index is 0.0942. The van der Waals surface area contributed by atoms with Crippen LogP contribution in [0.2, 0.25) is 5.15 Å². The SMILES string of the molecule is CCc1ccc(Oc2ncc(C)c(Cl)n2)cc1C1=C(O)C(C)(C)OC(C)(C)C1=O. The number of ketones is 1. The number of benzene rings is 1. The Morgan fingerprint density at radius 1 is 1.21 bits per heavy atom. The lowest BCUT2D eigenvalue weighted by molar-refractivity contribution is -0.158. The van der Waals surface area contributed by atoms with Crippen molar-refractivity contribution in [1.29, 1.82) is 0 Å². The van der Waals surface area contributed by atoms with Gasteiger partial charge < -0.3 is 14.6 Å². The summed E-state index contributed by atoms with van der Waals surface area (Å²) in [6, 6.07) is 5.46. The zero-order valence-electron chi connectivity index (χ0n) is 17.5. The molecule has 0 unspecified atom stereocenters. The summed E-state index contributed by atoms with van der Waals surface area (Å²) in [6.07, 6.45) is 2.25. The molecule has 0 radical (unpaired) electrons. The summed E-state index contributed by atoms with van der Waals surface area (Å²) in [7, 11) is 0. The van der Waals surface area contributed by atoms with Gasteiger partial charge in [0.15, 0.2) is 5.78 Å². The third-order valence-electron chi connectivity index (χ3n) is 4.92. The Hall–Kier alpha value is -2.44. The van der Waals surface area contributed by atoms with Crippen LogP contribution < -0.4 is 4.74 Å². The van der Waals surface area contributed by atoms with Crippen LogP contribution in [-0.4, -0.2) is 32.1 Å². The van der Waals surface area contributed by atoms with Gasteiger partial charge in [0.05, 0.1) is 5.57 Å². The first-order valence-electron chi connectivity index (χ1n) is 9.45. The maximum absolute atomic E-state index is 13.1. The van der Waals surface area contributed by atoms with E-state index in [0.29, 0.717) is 22.9 Å². The fraction of sp³-hybridized carbons (Fsp3) is 0.409. The molecule has 6 nitrogen and oxygen atoms in total. The van der Waals surface area contributed by atoms with E-state index in [9.17, 15) is 9.90 Å². The highest BCUT2D eigenvalue weighted by Gasteiger charge is 2.47. The number of carbonyl (C=O) groups is 1. The van der Waals surface area contributed by atoms with Crippen LogP contribution in [0.25, 0.3) is 5.57 Å². The molecule has 7 heteroatoms. The van der Waals surface area contributed by atoms with Crippen molar-refractivity contribution >= 4 is 23.0 Å². The average molecular weight is 417 g/mol. The van der Waals surface area contributed by atoms with Crippen LogP contribution in [0.1, 0.15) is 51.3 Å². The van der Waals surface area contributed by atoms with Crippen LogP contribution in [0.3, 0.4) is 0 Å². The van der Waals surface area contributed by atoms with Gasteiger partial charge in [-0.1, -0.05) is 24.6 Å². The molecule has 29 heavy (non-hydrogen) atoms. The van der Waals surface area contributed by atoms with Crippen molar-refractivity contribution in [2.45, 2.75) is 59.2 Å². The highest BCUT2D eigenvalue weighted by atomic mass is 35.5. The third-order valence-corrected chi connectivity index (χ3v) is 5.30. The number of aliphatic hydroxyl groups excluding tert-OH is 1. The van der Waals surface area contributed by atoms with E-state index in [0.717, 1.165) is 11.1 Å². The van der Waals surface area contributed by atoms with E-state index in [4.69, 9.17) is 21.1 Å². The maximum Gasteiger partial charge on any atom is 0.323 e. The summed E-state index contributed by atoms with van der Waals surface area (Å²) >= 11 is 6.05. The molecule has 0 amide bonds. The zero-order chi connectivity index (χ0) is 21.6. The normalized spacial score (nSPS) is 18.1. The van der Waals surface area contributed by atoms with Gasteiger partial charge in [-0.3, -0.25) is 4.79 Å². The molecule has 1 aliphatic heterocycles. The number of aliphatic hydroxyl groups is 1. The minimum atomic E-state index is -1.07. The molecule has 0 atom stereocenters. The molecule has 3 rings (SSSR count). The van der Waals surface area contributed by atoms with Gasteiger partial charge in [-0.05, 0) is 64.3 Å². The second-order valence-electron chi connectivity index (χ2n) is 8.08. The van der Waals surface area contributed by atoms with E-state index in [1.54, 1.807) is 52.9 Å². The summed E-state index contributed by atoms with van der Waals surface area (Å²) in [5.74, 6) is 0.0615. The Morgan fingerprint density at radius 2 is 1.90 bits per heavy atom. The number of Topliss-reactive ketones (excluding diaryl/α,β-unsaturated/α-hetero) is 1. The predicted molar refractivity (Wildman–Crippen MR) is 111 cm³/mol. The van der Waals surface area contributed by atoms with Crippen LogP contribution in [0.15, 0.2) is 30.2 Å². The summed E-state index contributed by atoms with van der Waals surface area (Å²) in [4.78, 5) is 21.4. The Morgan fingerprint density at radius 3 is 2.52 bits per heavy atom. The summed E-state index contributed by atoms with van der Waals surface area (Å²) in [5.41, 5.74) is 0.437. The molecule has 0 saturated carbocycles. The molecule has 0 saturated heterocycles. The molecule has 1 aromatic heterocycles. The topological polar surface area (TPSA) is 81.5 Å². The monoisotopic (exact) mass is 416 g/mol. The van der Waals surface area contributed by atoms with Crippen LogP contribution in [-0.2, 0) is 16.0 Å². The molecule has 0 spiro atoms. The Kier molecular flexibility index (Phi) is 5.45. The number of rotatable bonds is 4. The van der Waals surface area contributed by atoms with Gasteiger partial charge in [0.1, 0.15) is 27.9 Å². The number of nitrogens with zero attached hydrogens (tertiary/aromatic N) is 2. The molecule has 2 aromatic rings. The summed E-state index contributed by atoms with van der Waals surface area (Å²) in [5, 5.41) is 11.2. The largest absolute Gasteiger partial charge is 0.508 e. The first-order valence-corrected chi connectivity index (χ1v) is 9.83. The van der Waals surface area contributed by atoms with Gasteiger partial charge in [0.25, 0.3) is 0 Å². The molecule has 2 heterocycles. The van der Waals surface area contributed by atoms with E-state index < -0.39 is 11.2 Å². The second-order valence-corrected chi connectivity index (χ2v) is 8.43. The lowest BCUT2D eigenvalue weighted by atomic mass is 9.81. The minimum Gasteiger partial charge on any atom is -0.508 e. The fourth-order valence-corrected chi connectivity index (χ4v) is 3.53. The number of hydrogen-bond acceptors (Lipinski definition) is 6. The Bertz CT molecular complexity index is 1010. The van der Waals surface area contributed by atoms with Crippen molar-refractivity contribution in [3.05, 3.63) is 52.0 Å². The maximum atomic E-state index is 13.1. The second kappa shape index (κ2) is 7.43. The Labute approximate surface area is 175 Å². The standard InChI is InChI=1S/C22H25ClN2O4/c1-7-13-8-9-14(28-20-24-11-12(2)19(23)25-20)10-15(13)16-17(26)21(3,4)29-22(5,6)18(16)27/h8-11,26H,7H2,1-6H3. The van der Waals surface area contributed by atoms with Crippen LogP contribution in [0.4, 0.5) is 0 Å². The van der Waals surface area contributed by atoms with E-state index in [1.165, 1.54) is 0 Å². The summed E-state index contributed by atoms with van der Waals surface area (Å²) < 4.78 is 11.6. The van der Waals surface area contributed by atoms with Crippen molar-refractivity contribution < 1.29 is 19.4 Å². The molecule has 154 valence electrons. The number of aryl methyl sites for hydroxylation is 2. The Balaban J connectivity index is 2.12. The highest BCUT2D eigenvalue weighted by molar-refractivity contribution is 6.30. The quantitative estimate of drug-likeness (QED) is 0.688. The molecule has 1 N–H and O–H groups in total. The van der Waals surface area contributed by atoms with Crippen LogP contribution in [0.5, 0.6) is 11.8 Å². The first kappa shape index (κ1) is 21.3. The van der Waals surface area contributed by atoms with Gasteiger partial charge in [-0.2, -0.15) is 4.98 Å². The molecule has 1 aromatic carbocycles. The fourth-order valence-electron chi connectivity index (χ4n) is 3.41.